The molecule has 2 aromatic rings. The molecule has 2 N–H and O–H groups in total. The molecule has 0 radical (unpaired) electrons. The van der Waals surface area contributed by atoms with E-state index >= 15 is 0 Å². The van der Waals surface area contributed by atoms with Gasteiger partial charge in [-0.05, 0) is 12.5 Å². The molecule has 8 heteroatoms. The van der Waals surface area contributed by atoms with Gasteiger partial charge in [-0.2, -0.15) is 0 Å². The molecule has 2 amide bonds. The van der Waals surface area contributed by atoms with E-state index in [2.05, 4.69) is 10.3 Å². The summed E-state index contributed by atoms with van der Waals surface area (Å²) < 4.78 is 1.49. The third-order valence-corrected chi connectivity index (χ3v) is 3.94. The van der Waals surface area contributed by atoms with Crippen molar-refractivity contribution in [3.8, 4) is 0 Å². The average molecular weight is 344 g/mol. The van der Waals surface area contributed by atoms with Crippen molar-refractivity contribution < 1.29 is 9.59 Å². The standard InChI is InChI=1S/C17H24N6O2/c1-13(14-7-5-4-6-8-14)22(11-16(18)24)9-15-10-23(20-19-15)12-17(25)21(2)3/h4-8,10,13H,9,11-12H2,1-3H3,(H2,18,24)/t13-/m1/s1. The molecule has 0 aliphatic heterocycles. The number of aromatic nitrogens is 3. The van der Waals surface area contributed by atoms with Gasteiger partial charge in [0.05, 0.1) is 18.4 Å². The molecular weight excluding hydrogens is 320 g/mol. The lowest BCUT2D eigenvalue weighted by Gasteiger charge is -2.27. The molecule has 0 aliphatic rings. The molecule has 1 heterocycles. The Morgan fingerprint density at radius 2 is 1.92 bits per heavy atom. The van der Waals surface area contributed by atoms with Crippen LogP contribution in [-0.4, -0.2) is 57.2 Å². The summed E-state index contributed by atoms with van der Waals surface area (Å²) in [5.41, 5.74) is 7.15. The summed E-state index contributed by atoms with van der Waals surface area (Å²) in [4.78, 5) is 26.6. The minimum Gasteiger partial charge on any atom is -0.369 e. The average Bonchev–Trinajstić information content (AvgIpc) is 3.01. The number of hydrogen-bond acceptors (Lipinski definition) is 5. The predicted molar refractivity (Wildman–Crippen MR) is 93.2 cm³/mol. The first-order valence-corrected chi connectivity index (χ1v) is 8.03. The highest BCUT2D eigenvalue weighted by Gasteiger charge is 2.19. The zero-order valence-corrected chi connectivity index (χ0v) is 14.8. The fourth-order valence-electron chi connectivity index (χ4n) is 2.45. The molecule has 1 aromatic heterocycles. The Kier molecular flexibility index (Phi) is 6.24. The van der Waals surface area contributed by atoms with Crippen LogP contribution in [0.3, 0.4) is 0 Å². The summed E-state index contributed by atoms with van der Waals surface area (Å²) in [5.74, 6) is -0.471. The molecule has 25 heavy (non-hydrogen) atoms. The van der Waals surface area contributed by atoms with E-state index in [0.29, 0.717) is 12.2 Å². The maximum absolute atomic E-state index is 11.7. The minimum absolute atomic E-state index is 0.0118. The van der Waals surface area contributed by atoms with E-state index in [1.165, 1.54) is 9.58 Å². The largest absolute Gasteiger partial charge is 0.369 e. The number of rotatable bonds is 8. The first kappa shape index (κ1) is 18.6. The van der Waals surface area contributed by atoms with E-state index in [9.17, 15) is 9.59 Å². The summed E-state index contributed by atoms with van der Waals surface area (Å²) in [6.45, 7) is 2.66. The van der Waals surface area contributed by atoms with Gasteiger partial charge in [-0.15, -0.1) is 5.10 Å². The van der Waals surface area contributed by atoms with Crippen molar-refractivity contribution in [2.75, 3.05) is 20.6 Å². The summed E-state index contributed by atoms with van der Waals surface area (Å²) in [5, 5.41) is 8.08. The topological polar surface area (TPSA) is 97.3 Å². The third kappa shape index (κ3) is 5.39. The summed E-state index contributed by atoms with van der Waals surface area (Å²) >= 11 is 0. The van der Waals surface area contributed by atoms with Crippen LogP contribution in [0, 0.1) is 0 Å². The van der Waals surface area contributed by atoms with E-state index in [0.717, 1.165) is 5.56 Å². The molecule has 0 spiro atoms. The first-order chi connectivity index (χ1) is 11.9. The number of nitrogens with zero attached hydrogens (tertiary/aromatic N) is 5. The Morgan fingerprint density at radius 1 is 1.24 bits per heavy atom. The smallest absolute Gasteiger partial charge is 0.243 e. The molecule has 2 rings (SSSR count). The fourth-order valence-corrected chi connectivity index (χ4v) is 2.45. The third-order valence-electron chi connectivity index (χ3n) is 3.94. The van der Waals surface area contributed by atoms with Crippen LogP contribution in [-0.2, 0) is 22.7 Å². The van der Waals surface area contributed by atoms with Gasteiger partial charge in [0.2, 0.25) is 11.8 Å². The van der Waals surface area contributed by atoms with Crippen LogP contribution >= 0.6 is 0 Å². The molecule has 0 bridgehead atoms. The highest BCUT2D eigenvalue weighted by Crippen LogP contribution is 2.21. The van der Waals surface area contributed by atoms with Crippen LogP contribution in [0.5, 0.6) is 0 Å². The Hall–Kier alpha value is -2.74. The van der Waals surface area contributed by atoms with Crippen molar-refractivity contribution in [3.63, 3.8) is 0 Å². The Labute approximate surface area is 147 Å². The second-order valence-corrected chi connectivity index (χ2v) is 6.15. The van der Waals surface area contributed by atoms with Gasteiger partial charge in [0.25, 0.3) is 0 Å². The molecule has 1 aromatic carbocycles. The molecule has 134 valence electrons. The fraction of sp³-hybridized carbons (Fsp3) is 0.412. The van der Waals surface area contributed by atoms with E-state index in [1.807, 2.05) is 42.2 Å². The van der Waals surface area contributed by atoms with Crippen LogP contribution in [0.2, 0.25) is 0 Å². The van der Waals surface area contributed by atoms with Crippen LogP contribution in [0.1, 0.15) is 24.2 Å². The Balaban J connectivity index is 2.11. The molecule has 0 saturated heterocycles. The van der Waals surface area contributed by atoms with Crippen LogP contribution in [0.4, 0.5) is 0 Å². The second kappa shape index (κ2) is 8.39. The van der Waals surface area contributed by atoms with Gasteiger partial charge in [-0.25, -0.2) is 4.68 Å². The molecular formula is C17H24N6O2. The van der Waals surface area contributed by atoms with E-state index in [1.54, 1.807) is 20.3 Å². The number of nitrogens with two attached hydrogens (primary N) is 1. The molecule has 0 aliphatic carbocycles. The van der Waals surface area contributed by atoms with E-state index in [-0.39, 0.29) is 25.0 Å². The summed E-state index contributed by atoms with van der Waals surface area (Å²) in [7, 11) is 3.38. The lowest BCUT2D eigenvalue weighted by molar-refractivity contribution is -0.129. The van der Waals surface area contributed by atoms with Crippen molar-refractivity contribution in [1.82, 2.24) is 24.8 Å². The number of likely N-dealkylation sites (N-methyl/N-ethyl adjacent to an activating group) is 1. The highest BCUT2D eigenvalue weighted by molar-refractivity contribution is 5.76. The maximum Gasteiger partial charge on any atom is 0.243 e. The lowest BCUT2D eigenvalue weighted by atomic mass is 10.1. The number of benzene rings is 1. The first-order valence-electron chi connectivity index (χ1n) is 8.03. The maximum atomic E-state index is 11.7. The van der Waals surface area contributed by atoms with Gasteiger partial charge in [0.15, 0.2) is 0 Å². The monoisotopic (exact) mass is 344 g/mol. The minimum atomic E-state index is -0.405. The van der Waals surface area contributed by atoms with Gasteiger partial charge < -0.3 is 10.6 Å². The van der Waals surface area contributed by atoms with Crippen molar-refractivity contribution in [2.45, 2.75) is 26.1 Å². The second-order valence-electron chi connectivity index (χ2n) is 6.15. The van der Waals surface area contributed by atoms with Gasteiger partial charge in [0.1, 0.15) is 6.54 Å². The number of primary amides is 1. The van der Waals surface area contributed by atoms with Gasteiger partial charge in [0, 0.05) is 26.7 Å². The van der Waals surface area contributed by atoms with Crippen LogP contribution in [0.15, 0.2) is 36.5 Å². The lowest BCUT2D eigenvalue weighted by Crippen LogP contribution is -2.35. The zero-order valence-electron chi connectivity index (χ0n) is 14.8. The van der Waals surface area contributed by atoms with Crippen LogP contribution in [0.25, 0.3) is 0 Å². The summed E-state index contributed by atoms with van der Waals surface area (Å²) in [6.07, 6.45) is 1.72. The quantitative estimate of drug-likeness (QED) is 0.748. The Morgan fingerprint density at radius 3 is 2.52 bits per heavy atom. The molecule has 1 atom stereocenters. The van der Waals surface area contributed by atoms with Crippen molar-refractivity contribution in [3.05, 3.63) is 47.8 Å². The number of hydrogen-bond donors (Lipinski definition) is 1. The number of amides is 2. The van der Waals surface area contributed by atoms with Crippen LogP contribution < -0.4 is 5.73 Å². The SMILES string of the molecule is C[C@H](c1ccccc1)N(CC(N)=O)Cc1cn(CC(=O)N(C)C)nn1. The van der Waals surface area contributed by atoms with E-state index < -0.39 is 5.91 Å². The Bertz CT molecular complexity index is 713. The van der Waals surface area contributed by atoms with Crippen molar-refractivity contribution >= 4 is 11.8 Å². The normalized spacial score (nSPS) is 12.2. The van der Waals surface area contributed by atoms with Gasteiger partial charge in [-0.1, -0.05) is 35.5 Å². The molecule has 8 nitrogen and oxygen atoms in total. The van der Waals surface area contributed by atoms with Crippen molar-refractivity contribution in [2.24, 2.45) is 5.73 Å². The summed E-state index contributed by atoms with van der Waals surface area (Å²) in [6, 6.07) is 9.86. The number of carbonyl (C=O) groups is 2. The predicted octanol–water partition coefficient (Wildman–Crippen LogP) is 0.415. The molecule has 0 saturated carbocycles. The molecule has 0 unspecified atom stereocenters. The zero-order chi connectivity index (χ0) is 18.4. The highest BCUT2D eigenvalue weighted by atomic mass is 16.2. The van der Waals surface area contributed by atoms with Crippen molar-refractivity contribution in [1.29, 1.82) is 0 Å². The molecule has 0 fully saturated rings. The number of carbonyl (C=O) groups excluding carboxylic acids is 2. The van der Waals surface area contributed by atoms with Gasteiger partial charge in [-0.3, -0.25) is 14.5 Å². The van der Waals surface area contributed by atoms with E-state index in [4.69, 9.17) is 5.73 Å². The van der Waals surface area contributed by atoms with Gasteiger partial charge >= 0.3 is 0 Å².